The maximum Gasteiger partial charge on any atom is 0.187 e. The number of benzene rings is 1. The standard InChI is InChI=1S/C115H210O29S/c1-13-25-37-52-66-121-98-92-86(78-116)133-110(104(98)127-72-58-43-31-19-7)140-93-87(79-117)135-112(106(129-74-60-45-33-21-9)99(93)122-67-53-38-26-14-2)142-95-89(81-119)137-114(108(131-76-62-47-35-23-11)101(95)124-69-55-40-28-16-4)144-97-91(84-145-83-85-64-50-49-51-65-85)138-115(109(132-77-63-48-36-24-12)103(97)126-71-57-42-30-18-6)143-96-90(82-120)136-113(107(130-75-61-46-34-22-10)102(96)125-70-56-41-29-17-5)141-94-88(80-118)134-111(139-92)105(128-73-59-44-32-20-8)100(94)123-68-54-39-27-15-3/h49-51,64-65,86-120H,13-48,52-63,66-84H2,1-12H3. The maximum atomic E-state index is 12.6. The van der Waals surface area contributed by atoms with Crippen molar-refractivity contribution in [3.8, 4) is 0 Å². The second kappa shape index (κ2) is 80.2. The van der Waals surface area contributed by atoms with Gasteiger partial charge in [-0.3, -0.25) is 0 Å². The molecule has 5 N–H and O–H groups in total. The highest BCUT2D eigenvalue weighted by Gasteiger charge is 2.62. The van der Waals surface area contributed by atoms with Crippen LogP contribution in [0.4, 0.5) is 0 Å². The molecule has 23 rings (SSSR count). The van der Waals surface area contributed by atoms with Gasteiger partial charge < -0.3 is 139 Å². The second-order valence-electron chi connectivity index (χ2n) is 41.5. The average molecular weight is 2090 g/mol. The van der Waals surface area contributed by atoms with Gasteiger partial charge in [0.05, 0.1) is 39.1 Å². The van der Waals surface area contributed by atoms with E-state index in [1.54, 1.807) is 11.8 Å². The Hall–Kier alpha value is -1.59. The van der Waals surface area contributed by atoms with Crippen LogP contribution in [0.25, 0.3) is 0 Å². The molecule has 0 spiro atoms. The van der Waals surface area contributed by atoms with Gasteiger partial charge in [-0.15, -0.1) is 0 Å². The van der Waals surface area contributed by atoms with Gasteiger partial charge in [0.25, 0.3) is 0 Å². The first-order valence-electron chi connectivity index (χ1n) is 59.3. The lowest BCUT2D eigenvalue weighted by molar-refractivity contribution is -0.413. The third kappa shape index (κ3) is 44.8. The van der Waals surface area contributed by atoms with Gasteiger partial charge in [0.1, 0.15) is 140 Å². The monoisotopic (exact) mass is 2090 g/mol. The van der Waals surface area contributed by atoms with Crippen molar-refractivity contribution in [1.29, 1.82) is 0 Å². The highest BCUT2D eigenvalue weighted by Crippen LogP contribution is 2.45. The molecule has 29 nitrogen and oxygen atoms in total. The smallest absolute Gasteiger partial charge is 0.187 e. The minimum absolute atomic E-state index is 0.254. The van der Waals surface area contributed by atoms with E-state index < -0.39 is 217 Å². The molecule has 30 heteroatoms. The van der Waals surface area contributed by atoms with Crippen molar-refractivity contribution >= 4 is 11.8 Å². The van der Waals surface area contributed by atoms with E-state index in [1.807, 2.05) is 6.07 Å². The van der Waals surface area contributed by atoms with E-state index in [0.29, 0.717) is 95.3 Å². The van der Waals surface area contributed by atoms with Gasteiger partial charge in [0.15, 0.2) is 37.7 Å². The van der Waals surface area contributed by atoms with E-state index >= 15 is 0 Å². The van der Waals surface area contributed by atoms with Crippen LogP contribution in [0.2, 0.25) is 0 Å². The molecule has 1 aromatic carbocycles. The molecule has 0 radical (unpaired) electrons. The third-order valence-electron chi connectivity index (χ3n) is 29.3. The first-order chi connectivity index (χ1) is 71.4. The molecule has 145 heavy (non-hydrogen) atoms. The lowest BCUT2D eigenvalue weighted by Crippen LogP contribution is -2.70. The van der Waals surface area contributed by atoms with Gasteiger partial charge in [0.2, 0.25) is 0 Å². The van der Waals surface area contributed by atoms with Gasteiger partial charge in [-0.05, 0) is 82.6 Å². The molecule has 22 heterocycles. The van der Waals surface area contributed by atoms with E-state index in [1.165, 1.54) is 0 Å². The summed E-state index contributed by atoms with van der Waals surface area (Å²) >= 11 is 1.69. The molecule has 0 aliphatic carbocycles. The van der Waals surface area contributed by atoms with Gasteiger partial charge in [-0.1, -0.05) is 345 Å². The van der Waals surface area contributed by atoms with Crippen LogP contribution < -0.4 is 0 Å². The SMILES string of the molecule is CCCCCCOC1C2OC(CO)C(OC3OC(CO)C(OC4OC(CO)C(OC5OC(CSCc6ccccc6)C(OC6OC(CO)C(OC7OC(CO)C(O2)C(OCCCCCC)C7OCCCCCC)C(OCCCCCC)C6OCCCCCC)C(OCCCCCC)C5OCCCCCC)C(OCCCCCC)C4OCCCCCC)C(OCCCCCC)C3OCCCCCC)C1OCCCCCC. The normalized spacial score (nSPS) is 31.7. The second-order valence-corrected chi connectivity index (χ2v) is 42.6. The Morgan fingerprint density at radius 1 is 0.186 bits per heavy atom. The van der Waals surface area contributed by atoms with E-state index in [9.17, 15) is 25.5 Å². The Labute approximate surface area is 881 Å². The van der Waals surface area contributed by atoms with Crippen molar-refractivity contribution < 1.29 is 139 Å². The number of unbranched alkanes of at least 4 members (excludes halogenated alkanes) is 36. The van der Waals surface area contributed by atoms with Crippen LogP contribution in [0.1, 0.15) is 397 Å². The molecule has 0 saturated carbocycles. The largest absolute Gasteiger partial charge is 0.394 e. The van der Waals surface area contributed by atoms with Gasteiger partial charge in [-0.25, -0.2) is 0 Å². The fourth-order valence-electron chi connectivity index (χ4n) is 20.8. The lowest BCUT2D eigenvalue weighted by Gasteiger charge is -2.54. The number of ether oxygens (including phenoxy) is 24. The minimum Gasteiger partial charge on any atom is -0.394 e. The molecular formula is C115H210O29S. The molecule has 22 aliphatic heterocycles. The molecule has 12 bridgehead atoms. The van der Waals surface area contributed by atoms with E-state index in [-0.39, 0.29) is 66.1 Å². The minimum atomic E-state index is -1.38. The maximum absolute atomic E-state index is 12.6. The van der Waals surface area contributed by atoms with Crippen molar-refractivity contribution in [3.63, 3.8) is 0 Å². The average Bonchev–Trinajstić information content (AvgIpc) is 0.757. The van der Waals surface area contributed by atoms with Gasteiger partial charge in [-0.2, -0.15) is 11.8 Å². The summed E-state index contributed by atoms with van der Waals surface area (Å²) in [4.78, 5) is 0. The molecule has 0 amide bonds. The zero-order valence-electron chi connectivity index (χ0n) is 92.5. The van der Waals surface area contributed by atoms with E-state index in [2.05, 4.69) is 107 Å². The Morgan fingerprint density at radius 3 is 0.497 bits per heavy atom. The van der Waals surface area contributed by atoms with Crippen LogP contribution >= 0.6 is 11.8 Å². The Morgan fingerprint density at radius 2 is 0.338 bits per heavy atom. The number of aliphatic hydroxyl groups excluding tert-OH is 5. The lowest BCUT2D eigenvalue weighted by atomic mass is 9.94. The van der Waals surface area contributed by atoms with Crippen LogP contribution in [0.3, 0.4) is 0 Å². The summed E-state index contributed by atoms with van der Waals surface area (Å²) in [6.45, 7) is 26.5. The molecule has 1 aromatic rings. The van der Waals surface area contributed by atoms with Gasteiger partial charge in [0, 0.05) is 90.8 Å². The molecule has 22 saturated heterocycles. The molecule has 22 aliphatic rings. The number of thioether (sulfide) groups is 1. The Bertz CT molecular complexity index is 3070. The van der Waals surface area contributed by atoms with Crippen molar-refractivity contribution in [2.75, 3.05) is 118 Å². The predicted octanol–water partition coefficient (Wildman–Crippen LogP) is 21.1. The van der Waals surface area contributed by atoms with Crippen LogP contribution in [-0.4, -0.2) is 328 Å². The summed E-state index contributed by atoms with van der Waals surface area (Å²) in [6.07, 6.45) is 7.59. The van der Waals surface area contributed by atoms with Crippen LogP contribution in [-0.2, 0) is 119 Å². The fraction of sp³-hybridized carbons (Fsp3) is 0.948. The molecule has 850 valence electrons. The number of aliphatic hydroxyl groups is 5. The first kappa shape index (κ1) is 129. The van der Waals surface area contributed by atoms with Crippen molar-refractivity contribution in [2.45, 2.75) is 581 Å². The van der Waals surface area contributed by atoms with Crippen LogP contribution in [0, 0.1) is 0 Å². The summed E-state index contributed by atoms with van der Waals surface area (Å²) in [5.74, 6) is 0.940. The molecule has 30 unspecified atom stereocenters. The zero-order valence-corrected chi connectivity index (χ0v) is 93.3. The number of rotatable bonds is 81. The summed E-state index contributed by atoms with van der Waals surface area (Å²) in [6, 6.07) is 10.4. The van der Waals surface area contributed by atoms with Crippen molar-refractivity contribution in [2.24, 2.45) is 0 Å². The number of hydrogen-bond acceptors (Lipinski definition) is 30. The van der Waals surface area contributed by atoms with Crippen molar-refractivity contribution in [1.82, 2.24) is 0 Å². The predicted molar refractivity (Wildman–Crippen MR) is 566 cm³/mol. The highest BCUT2D eigenvalue weighted by molar-refractivity contribution is 7.98. The zero-order chi connectivity index (χ0) is 103. The molecular weight excluding hydrogens is 1880 g/mol. The summed E-state index contributed by atoms with van der Waals surface area (Å²) in [5, 5.41) is 62.5. The van der Waals surface area contributed by atoms with Crippen molar-refractivity contribution in [3.05, 3.63) is 35.9 Å². The molecule has 30 atom stereocenters. The molecule has 22 fully saturated rings. The summed E-state index contributed by atoms with van der Waals surface area (Å²) < 4.78 is 181. The Balaban J connectivity index is 1.48. The van der Waals surface area contributed by atoms with Crippen LogP contribution in [0.5, 0.6) is 0 Å². The third-order valence-corrected chi connectivity index (χ3v) is 30.4. The summed E-state index contributed by atoms with van der Waals surface area (Å²) in [5.41, 5.74) is 1.11. The van der Waals surface area contributed by atoms with Gasteiger partial charge >= 0.3 is 0 Å². The van der Waals surface area contributed by atoms with E-state index in [0.717, 1.165) is 243 Å². The molecule has 0 aromatic heterocycles. The summed E-state index contributed by atoms with van der Waals surface area (Å²) in [7, 11) is 0. The fourth-order valence-corrected chi connectivity index (χ4v) is 21.8. The highest BCUT2D eigenvalue weighted by atomic mass is 32.2. The first-order valence-corrected chi connectivity index (χ1v) is 60.5. The quantitative estimate of drug-likeness (QED) is 0.0378. The Kier molecular flexibility index (Phi) is 71.1. The topological polar surface area (TPSA) is 323 Å². The van der Waals surface area contributed by atoms with E-state index in [4.69, 9.17) is 114 Å². The van der Waals surface area contributed by atoms with Crippen LogP contribution in [0.15, 0.2) is 30.3 Å². The number of hydrogen-bond donors (Lipinski definition) is 5.